The SMILES string of the molecule is ON=C1CCCC(NO)C1N1CCCCC1. The molecule has 2 atom stereocenters. The lowest BCUT2D eigenvalue weighted by Crippen LogP contribution is -2.56. The fourth-order valence-corrected chi connectivity index (χ4v) is 2.95. The standard InChI is InChI=1S/C11H21N3O2/c15-12-9-5-4-6-10(13-16)11(9)14-7-2-1-3-8-14/h9,11-12,15-16H,1-8H2. The van der Waals surface area contributed by atoms with Crippen LogP contribution in [0.15, 0.2) is 5.16 Å². The zero-order chi connectivity index (χ0) is 11.4. The van der Waals surface area contributed by atoms with Gasteiger partial charge in [0.15, 0.2) is 0 Å². The molecule has 0 spiro atoms. The molecule has 2 fully saturated rings. The van der Waals surface area contributed by atoms with Crippen LogP contribution in [0.1, 0.15) is 38.5 Å². The van der Waals surface area contributed by atoms with Crippen molar-refractivity contribution in [1.29, 1.82) is 0 Å². The van der Waals surface area contributed by atoms with E-state index >= 15 is 0 Å². The number of nitrogens with zero attached hydrogens (tertiary/aromatic N) is 2. The Morgan fingerprint density at radius 3 is 2.56 bits per heavy atom. The molecular formula is C11H21N3O2. The third kappa shape index (κ3) is 2.36. The summed E-state index contributed by atoms with van der Waals surface area (Å²) >= 11 is 0. The quantitative estimate of drug-likeness (QED) is 0.490. The highest BCUT2D eigenvalue weighted by Gasteiger charge is 2.35. The van der Waals surface area contributed by atoms with Gasteiger partial charge in [-0.2, -0.15) is 0 Å². The minimum atomic E-state index is 0.0118. The van der Waals surface area contributed by atoms with Crippen LogP contribution in [0.2, 0.25) is 0 Å². The summed E-state index contributed by atoms with van der Waals surface area (Å²) in [5.41, 5.74) is 3.20. The lowest BCUT2D eigenvalue weighted by Gasteiger charge is -2.41. The summed E-state index contributed by atoms with van der Waals surface area (Å²) in [6.45, 7) is 2.09. The van der Waals surface area contributed by atoms with E-state index in [1.54, 1.807) is 0 Å². The summed E-state index contributed by atoms with van der Waals surface area (Å²) in [4.78, 5) is 2.34. The number of nitrogens with one attached hydrogen (secondary N) is 1. The molecule has 1 saturated carbocycles. The largest absolute Gasteiger partial charge is 0.411 e. The van der Waals surface area contributed by atoms with Crippen molar-refractivity contribution in [2.75, 3.05) is 13.1 Å². The van der Waals surface area contributed by atoms with Gasteiger partial charge in [0.25, 0.3) is 0 Å². The van der Waals surface area contributed by atoms with Crippen molar-refractivity contribution in [3.63, 3.8) is 0 Å². The van der Waals surface area contributed by atoms with Gasteiger partial charge in [0.05, 0.1) is 17.8 Å². The van der Waals surface area contributed by atoms with E-state index in [0.717, 1.165) is 38.1 Å². The Bertz CT molecular complexity index is 252. The molecule has 2 aliphatic rings. The van der Waals surface area contributed by atoms with Crippen LogP contribution in [-0.2, 0) is 0 Å². The molecule has 2 unspecified atom stereocenters. The average Bonchev–Trinajstić information content (AvgIpc) is 2.38. The van der Waals surface area contributed by atoms with E-state index < -0.39 is 0 Å². The second-order valence-electron chi connectivity index (χ2n) is 4.76. The molecule has 3 N–H and O–H groups in total. The van der Waals surface area contributed by atoms with Gasteiger partial charge in [0, 0.05) is 0 Å². The molecular weight excluding hydrogens is 206 g/mol. The van der Waals surface area contributed by atoms with Crippen LogP contribution in [0.5, 0.6) is 0 Å². The first-order valence-electron chi connectivity index (χ1n) is 6.21. The molecule has 1 saturated heterocycles. The summed E-state index contributed by atoms with van der Waals surface area (Å²) in [6, 6.07) is 0.0850. The molecule has 5 heteroatoms. The maximum absolute atomic E-state index is 9.19. The number of hydrogen-bond acceptors (Lipinski definition) is 5. The maximum atomic E-state index is 9.19. The molecule has 0 aromatic heterocycles. The zero-order valence-corrected chi connectivity index (χ0v) is 9.60. The summed E-state index contributed by atoms with van der Waals surface area (Å²) < 4.78 is 0. The van der Waals surface area contributed by atoms with E-state index in [0.29, 0.717) is 0 Å². The second-order valence-corrected chi connectivity index (χ2v) is 4.76. The lowest BCUT2D eigenvalue weighted by atomic mass is 9.87. The van der Waals surface area contributed by atoms with Gasteiger partial charge in [0.2, 0.25) is 0 Å². The number of piperidine rings is 1. The number of oxime groups is 1. The van der Waals surface area contributed by atoms with E-state index in [1.807, 2.05) is 0 Å². The van der Waals surface area contributed by atoms with E-state index in [9.17, 15) is 5.21 Å². The normalized spacial score (nSPS) is 35.4. The van der Waals surface area contributed by atoms with Crippen LogP contribution >= 0.6 is 0 Å². The minimum absolute atomic E-state index is 0.0118. The monoisotopic (exact) mass is 227 g/mol. The Kier molecular flexibility index (Phi) is 4.15. The first kappa shape index (κ1) is 11.8. The average molecular weight is 227 g/mol. The van der Waals surface area contributed by atoms with Crippen LogP contribution in [0, 0.1) is 0 Å². The van der Waals surface area contributed by atoms with Crippen molar-refractivity contribution in [2.24, 2.45) is 5.16 Å². The molecule has 0 bridgehead atoms. The van der Waals surface area contributed by atoms with E-state index in [4.69, 9.17) is 5.21 Å². The molecule has 0 aromatic rings. The van der Waals surface area contributed by atoms with E-state index in [1.165, 1.54) is 19.3 Å². The van der Waals surface area contributed by atoms with Crippen molar-refractivity contribution in [2.45, 2.75) is 50.6 Å². The van der Waals surface area contributed by atoms with Crippen LogP contribution in [-0.4, -0.2) is 46.2 Å². The fraction of sp³-hybridized carbons (Fsp3) is 0.909. The van der Waals surface area contributed by atoms with Gasteiger partial charge in [0.1, 0.15) is 0 Å². The first-order chi connectivity index (χ1) is 7.86. The Morgan fingerprint density at radius 2 is 1.94 bits per heavy atom. The molecule has 92 valence electrons. The Labute approximate surface area is 96.1 Å². The zero-order valence-electron chi connectivity index (χ0n) is 9.60. The highest BCUT2D eigenvalue weighted by atomic mass is 16.5. The molecule has 16 heavy (non-hydrogen) atoms. The first-order valence-corrected chi connectivity index (χ1v) is 6.21. The Hall–Kier alpha value is -0.650. The summed E-state index contributed by atoms with van der Waals surface area (Å²) in [7, 11) is 0. The molecule has 2 rings (SSSR count). The van der Waals surface area contributed by atoms with Gasteiger partial charge in [-0.1, -0.05) is 11.6 Å². The lowest BCUT2D eigenvalue weighted by molar-refractivity contribution is 0.0644. The van der Waals surface area contributed by atoms with Gasteiger partial charge in [-0.25, -0.2) is 5.48 Å². The molecule has 0 amide bonds. The van der Waals surface area contributed by atoms with Crippen molar-refractivity contribution in [3.8, 4) is 0 Å². The fourth-order valence-electron chi connectivity index (χ4n) is 2.95. The highest BCUT2D eigenvalue weighted by Crippen LogP contribution is 2.24. The van der Waals surface area contributed by atoms with Gasteiger partial charge >= 0.3 is 0 Å². The molecule has 5 nitrogen and oxygen atoms in total. The van der Waals surface area contributed by atoms with Gasteiger partial charge in [-0.3, -0.25) is 4.90 Å². The molecule has 1 aliphatic heterocycles. The topological polar surface area (TPSA) is 68.1 Å². The third-order valence-corrected chi connectivity index (χ3v) is 3.75. The maximum Gasteiger partial charge on any atom is 0.0758 e. The minimum Gasteiger partial charge on any atom is -0.411 e. The molecule has 1 heterocycles. The number of likely N-dealkylation sites (tertiary alicyclic amines) is 1. The molecule has 0 aromatic carbocycles. The molecule has 1 aliphatic carbocycles. The number of hydrogen-bond donors (Lipinski definition) is 3. The van der Waals surface area contributed by atoms with Crippen molar-refractivity contribution >= 4 is 5.71 Å². The van der Waals surface area contributed by atoms with Crippen LogP contribution < -0.4 is 5.48 Å². The smallest absolute Gasteiger partial charge is 0.0758 e. The van der Waals surface area contributed by atoms with E-state index in [2.05, 4.69) is 15.5 Å². The van der Waals surface area contributed by atoms with Crippen LogP contribution in [0.25, 0.3) is 0 Å². The number of rotatable bonds is 2. The van der Waals surface area contributed by atoms with Crippen LogP contribution in [0.4, 0.5) is 0 Å². The van der Waals surface area contributed by atoms with Crippen molar-refractivity contribution in [1.82, 2.24) is 10.4 Å². The van der Waals surface area contributed by atoms with Crippen molar-refractivity contribution in [3.05, 3.63) is 0 Å². The summed E-state index contributed by atoms with van der Waals surface area (Å²) in [5.74, 6) is 0. The summed E-state index contributed by atoms with van der Waals surface area (Å²) in [6.07, 6.45) is 6.45. The molecule has 0 radical (unpaired) electrons. The van der Waals surface area contributed by atoms with Crippen molar-refractivity contribution < 1.29 is 10.4 Å². The predicted octanol–water partition coefficient (Wildman–Crippen LogP) is 1.20. The highest BCUT2D eigenvalue weighted by molar-refractivity contribution is 5.90. The van der Waals surface area contributed by atoms with Gasteiger partial charge in [-0.05, 0) is 45.2 Å². The number of hydroxylamine groups is 1. The Morgan fingerprint density at radius 1 is 1.19 bits per heavy atom. The second kappa shape index (κ2) is 5.61. The van der Waals surface area contributed by atoms with Crippen LogP contribution in [0.3, 0.4) is 0 Å². The summed E-state index contributed by atoms with van der Waals surface area (Å²) in [5, 5.41) is 21.7. The van der Waals surface area contributed by atoms with Gasteiger partial charge < -0.3 is 10.4 Å². The van der Waals surface area contributed by atoms with Gasteiger partial charge in [-0.15, -0.1) is 0 Å². The predicted molar refractivity (Wildman–Crippen MR) is 61.0 cm³/mol. The third-order valence-electron chi connectivity index (χ3n) is 3.75. The Balaban J connectivity index is 2.10. The van der Waals surface area contributed by atoms with E-state index in [-0.39, 0.29) is 12.1 Å².